The quantitative estimate of drug-likeness (QED) is 0.783. The zero-order valence-electron chi connectivity index (χ0n) is 15.4. The van der Waals surface area contributed by atoms with Crippen LogP contribution in [0.3, 0.4) is 0 Å². The first-order valence-electron chi connectivity index (χ1n) is 9.22. The average Bonchev–Trinajstić information content (AvgIpc) is 3.25. The maximum atomic E-state index is 12.3. The van der Waals surface area contributed by atoms with E-state index in [1.165, 1.54) is 0 Å². The van der Waals surface area contributed by atoms with Crippen LogP contribution in [0.25, 0.3) is 0 Å². The summed E-state index contributed by atoms with van der Waals surface area (Å²) < 4.78 is 0. The van der Waals surface area contributed by atoms with Gasteiger partial charge in [0.15, 0.2) is 0 Å². The van der Waals surface area contributed by atoms with Crippen LogP contribution >= 0.6 is 11.6 Å². The van der Waals surface area contributed by atoms with Crippen LogP contribution in [-0.2, 0) is 11.3 Å². The van der Waals surface area contributed by atoms with Crippen LogP contribution in [0.5, 0.6) is 0 Å². The van der Waals surface area contributed by atoms with Gasteiger partial charge in [-0.25, -0.2) is 0 Å². The van der Waals surface area contributed by atoms with Crippen molar-refractivity contribution < 1.29 is 14.4 Å². The van der Waals surface area contributed by atoms with Crippen molar-refractivity contribution in [3.63, 3.8) is 0 Å². The molecule has 0 radical (unpaired) electrons. The Morgan fingerprint density at radius 3 is 2.29 bits per heavy atom. The van der Waals surface area contributed by atoms with E-state index in [4.69, 9.17) is 11.6 Å². The Kier molecular flexibility index (Phi) is 6.66. The number of nitrogens with one attached hydrogen (secondary N) is 2. The molecule has 28 heavy (non-hydrogen) atoms. The lowest BCUT2D eigenvalue weighted by molar-refractivity contribution is -0.120. The van der Waals surface area contributed by atoms with Crippen LogP contribution in [0.2, 0.25) is 5.02 Å². The second-order valence-corrected chi connectivity index (χ2v) is 7.04. The molecule has 2 N–H and O–H groups in total. The van der Waals surface area contributed by atoms with E-state index in [0.29, 0.717) is 22.7 Å². The van der Waals surface area contributed by atoms with Crippen LogP contribution in [0.1, 0.15) is 39.1 Å². The molecule has 2 aromatic carbocycles. The number of halogens is 1. The van der Waals surface area contributed by atoms with Crippen molar-refractivity contribution in [1.82, 2.24) is 15.5 Å². The van der Waals surface area contributed by atoms with Gasteiger partial charge in [0, 0.05) is 25.2 Å². The van der Waals surface area contributed by atoms with Gasteiger partial charge in [0.25, 0.3) is 11.8 Å². The van der Waals surface area contributed by atoms with Gasteiger partial charge in [-0.15, -0.1) is 0 Å². The van der Waals surface area contributed by atoms with Gasteiger partial charge in [-0.1, -0.05) is 35.9 Å². The summed E-state index contributed by atoms with van der Waals surface area (Å²) in [5, 5.41) is 5.62. The molecule has 0 bridgehead atoms. The fourth-order valence-electron chi connectivity index (χ4n) is 3.03. The summed E-state index contributed by atoms with van der Waals surface area (Å²) in [7, 11) is 0. The van der Waals surface area contributed by atoms with Crippen molar-refractivity contribution in [1.29, 1.82) is 0 Å². The summed E-state index contributed by atoms with van der Waals surface area (Å²) in [6.07, 6.45) is 2.12. The Morgan fingerprint density at radius 1 is 0.929 bits per heavy atom. The number of hydrogen-bond donors (Lipinski definition) is 2. The first kappa shape index (κ1) is 19.9. The van der Waals surface area contributed by atoms with Gasteiger partial charge < -0.3 is 15.5 Å². The predicted molar refractivity (Wildman–Crippen MR) is 107 cm³/mol. The van der Waals surface area contributed by atoms with E-state index in [-0.39, 0.29) is 18.4 Å². The molecular weight excluding hydrogens is 378 g/mol. The Labute approximate surface area is 168 Å². The molecule has 0 atom stereocenters. The highest BCUT2D eigenvalue weighted by molar-refractivity contribution is 6.33. The number of nitrogens with zero attached hydrogens (tertiary/aromatic N) is 1. The molecule has 3 amide bonds. The summed E-state index contributed by atoms with van der Waals surface area (Å²) in [5.74, 6) is -0.654. The van der Waals surface area contributed by atoms with E-state index < -0.39 is 5.91 Å². The number of amides is 3. The normalized spacial score (nSPS) is 13.2. The van der Waals surface area contributed by atoms with Gasteiger partial charge in [0.1, 0.15) is 0 Å². The Morgan fingerprint density at radius 2 is 1.61 bits per heavy atom. The van der Waals surface area contributed by atoms with Crippen LogP contribution in [0.15, 0.2) is 48.5 Å². The fraction of sp³-hybridized carbons (Fsp3) is 0.286. The van der Waals surface area contributed by atoms with Crippen molar-refractivity contribution in [3.05, 3.63) is 70.2 Å². The lowest BCUT2D eigenvalue weighted by atomic mass is 10.1. The molecule has 0 spiro atoms. The summed E-state index contributed by atoms with van der Waals surface area (Å²) in [6, 6.07) is 13.9. The highest BCUT2D eigenvalue weighted by atomic mass is 35.5. The van der Waals surface area contributed by atoms with Gasteiger partial charge in [-0.2, -0.15) is 0 Å². The topological polar surface area (TPSA) is 78.5 Å². The third-order valence-electron chi connectivity index (χ3n) is 4.61. The second kappa shape index (κ2) is 9.37. The molecule has 3 rings (SSSR count). The highest BCUT2D eigenvalue weighted by Crippen LogP contribution is 2.15. The predicted octanol–water partition coefficient (Wildman–Crippen LogP) is 2.62. The van der Waals surface area contributed by atoms with Crippen molar-refractivity contribution >= 4 is 29.3 Å². The van der Waals surface area contributed by atoms with E-state index >= 15 is 0 Å². The molecule has 1 heterocycles. The molecule has 0 aromatic heterocycles. The molecule has 0 aliphatic carbocycles. The Bertz CT molecular complexity index is 861. The van der Waals surface area contributed by atoms with Crippen LogP contribution in [0, 0.1) is 0 Å². The van der Waals surface area contributed by atoms with Gasteiger partial charge in [0.05, 0.1) is 17.1 Å². The van der Waals surface area contributed by atoms with Crippen molar-refractivity contribution in [2.75, 3.05) is 19.6 Å². The van der Waals surface area contributed by atoms with Gasteiger partial charge in [-0.05, 0) is 42.7 Å². The molecule has 0 unspecified atom stereocenters. The van der Waals surface area contributed by atoms with E-state index in [0.717, 1.165) is 31.5 Å². The molecule has 146 valence electrons. The fourth-order valence-corrected chi connectivity index (χ4v) is 3.25. The third kappa shape index (κ3) is 5.10. The minimum absolute atomic E-state index is 0.0513. The standard InChI is InChI=1S/C21H22ClN3O3/c22-18-6-2-1-5-17(18)20(27)24-14-19(26)23-13-15-7-9-16(10-8-15)21(28)25-11-3-4-12-25/h1-2,5-10H,3-4,11-14H2,(H,23,26)(H,24,27). The molecule has 1 aliphatic heterocycles. The van der Waals surface area contributed by atoms with E-state index in [2.05, 4.69) is 10.6 Å². The van der Waals surface area contributed by atoms with Crippen LogP contribution < -0.4 is 10.6 Å². The SMILES string of the molecule is O=C(CNC(=O)c1ccccc1Cl)NCc1ccc(C(=O)N2CCCC2)cc1. The second-order valence-electron chi connectivity index (χ2n) is 6.64. The van der Waals surface area contributed by atoms with E-state index in [1.54, 1.807) is 36.4 Å². The Balaban J connectivity index is 1.45. The highest BCUT2D eigenvalue weighted by Gasteiger charge is 2.19. The minimum Gasteiger partial charge on any atom is -0.350 e. The monoisotopic (exact) mass is 399 g/mol. The van der Waals surface area contributed by atoms with Crippen molar-refractivity contribution in [2.24, 2.45) is 0 Å². The van der Waals surface area contributed by atoms with Crippen LogP contribution in [-0.4, -0.2) is 42.3 Å². The lowest BCUT2D eigenvalue weighted by Crippen LogP contribution is -2.36. The smallest absolute Gasteiger partial charge is 0.253 e. The first-order chi connectivity index (χ1) is 13.5. The van der Waals surface area contributed by atoms with E-state index in [1.807, 2.05) is 17.0 Å². The van der Waals surface area contributed by atoms with Gasteiger partial charge in [-0.3, -0.25) is 14.4 Å². The number of rotatable bonds is 6. The molecule has 1 saturated heterocycles. The zero-order valence-corrected chi connectivity index (χ0v) is 16.2. The zero-order chi connectivity index (χ0) is 19.9. The molecule has 0 saturated carbocycles. The molecular formula is C21H22ClN3O3. The molecule has 2 aromatic rings. The largest absolute Gasteiger partial charge is 0.350 e. The van der Waals surface area contributed by atoms with Crippen molar-refractivity contribution in [2.45, 2.75) is 19.4 Å². The maximum absolute atomic E-state index is 12.3. The number of benzene rings is 2. The number of carbonyl (C=O) groups excluding carboxylic acids is 3. The summed E-state index contributed by atoms with van der Waals surface area (Å²) in [4.78, 5) is 38.2. The minimum atomic E-state index is -0.398. The van der Waals surface area contributed by atoms with E-state index in [9.17, 15) is 14.4 Å². The lowest BCUT2D eigenvalue weighted by Gasteiger charge is -2.15. The van der Waals surface area contributed by atoms with Crippen molar-refractivity contribution in [3.8, 4) is 0 Å². The van der Waals surface area contributed by atoms with Gasteiger partial charge >= 0.3 is 0 Å². The van der Waals surface area contributed by atoms with Crippen LogP contribution in [0.4, 0.5) is 0 Å². The molecule has 1 aliphatic rings. The number of carbonyl (C=O) groups is 3. The summed E-state index contributed by atoms with van der Waals surface area (Å²) >= 11 is 5.96. The average molecular weight is 400 g/mol. The Hall–Kier alpha value is -2.86. The maximum Gasteiger partial charge on any atom is 0.253 e. The first-order valence-corrected chi connectivity index (χ1v) is 9.60. The number of likely N-dealkylation sites (tertiary alicyclic amines) is 1. The molecule has 6 nitrogen and oxygen atoms in total. The van der Waals surface area contributed by atoms with Gasteiger partial charge in [0.2, 0.25) is 5.91 Å². The summed E-state index contributed by atoms with van der Waals surface area (Å²) in [6.45, 7) is 1.81. The molecule has 7 heteroatoms. The number of hydrogen-bond acceptors (Lipinski definition) is 3. The molecule has 1 fully saturated rings. The third-order valence-corrected chi connectivity index (χ3v) is 4.94. The summed E-state index contributed by atoms with van der Waals surface area (Å²) in [5.41, 5.74) is 1.86.